The summed E-state index contributed by atoms with van der Waals surface area (Å²) in [5.74, 6) is -0.193. The number of amides is 1. The molecule has 15 heavy (non-hydrogen) atoms. The minimum Gasteiger partial charge on any atom is -0.394 e. The monoisotopic (exact) mass is 270 g/mol. The lowest BCUT2D eigenvalue weighted by atomic mass is 10.2. The molecular weight excluding hydrogens is 260 g/mol. The Morgan fingerprint density at radius 2 is 2.40 bits per heavy atom. The van der Waals surface area contributed by atoms with Crippen LogP contribution in [0.15, 0.2) is 22.9 Å². The second-order valence-electron chi connectivity index (χ2n) is 3.73. The molecule has 1 aromatic heterocycles. The molecule has 0 unspecified atom stereocenters. The van der Waals surface area contributed by atoms with Gasteiger partial charge >= 0.3 is 0 Å². The first kappa shape index (κ1) is 10.6. The SMILES string of the molecule is O=C(NC1(CO)CC1)c1cccnc1Br. The van der Waals surface area contributed by atoms with Crippen LogP contribution in [0.3, 0.4) is 0 Å². The highest BCUT2D eigenvalue weighted by atomic mass is 79.9. The zero-order valence-corrected chi connectivity index (χ0v) is 9.62. The van der Waals surface area contributed by atoms with Gasteiger partial charge < -0.3 is 10.4 Å². The lowest BCUT2D eigenvalue weighted by molar-refractivity contribution is 0.0905. The summed E-state index contributed by atoms with van der Waals surface area (Å²) in [4.78, 5) is 15.8. The normalized spacial score (nSPS) is 17.2. The van der Waals surface area contributed by atoms with Gasteiger partial charge in [0.2, 0.25) is 0 Å². The first-order valence-electron chi connectivity index (χ1n) is 4.71. The zero-order valence-electron chi connectivity index (χ0n) is 8.03. The van der Waals surface area contributed by atoms with Gasteiger partial charge in [0, 0.05) is 6.20 Å². The van der Waals surface area contributed by atoms with Crippen molar-refractivity contribution in [2.45, 2.75) is 18.4 Å². The summed E-state index contributed by atoms with van der Waals surface area (Å²) in [6.45, 7) is -0.00335. The Kier molecular flexibility index (Phi) is 2.75. The van der Waals surface area contributed by atoms with Crippen LogP contribution in [0.2, 0.25) is 0 Å². The van der Waals surface area contributed by atoms with Crippen molar-refractivity contribution in [1.82, 2.24) is 10.3 Å². The highest BCUT2D eigenvalue weighted by Gasteiger charge is 2.43. The number of pyridine rings is 1. The van der Waals surface area contributed by atoms with Gasteiger partial charge in [-0.1, -0.05) is 0 Å². The molecule has 1 aliphatic rings. The molecule has 1 fully saturated rings. The van der Waals surface area contributed by atoms with E-state index in [1.165, 1.54) is 0 Å². The molecule has 80 valence electrons. The lowest BCUT2D eigenvalue weighted by Gasteiger charge is -2.14. The molecule has 5 heteroatoms. The number of nitrogens with one attached hydrogen (secondary N) is 1. The molecule has 0 radical (unpaired) electrons. The Morgan fingerprint density at radius 1 is 1.67 bits per heavy atom. The van der Waals surface area contributed by atoms with Crippen molar-refractivity contribution >= 4 is 21.8 Å². The number of aliphatic hydroxyl groups is 1. The summed E-state index contributed by atoms with van der Waals surface area (Å²) in [7, 11) is 0. The Labute approximate surface area is 95.8 Å². The smallest absolute Gasteiger partial charge is 0.254 e. The fraction of sp³-hybridized carbons (Fsp3) is 0.400. The quantitative estimate of drug-likeness (QED) is 0.809. The molecule has 2 rings (SSSR count). The summed E-state index contributed by atoms with van der Waals surface area (Å²) < 4.78 is 0.524. The highest BCUT2D eigenvalue weighted by molar-refractivity contribution is 9.10. The number of rotatable bonds is 3. The third-order valence-corrected chi connectivity index (χ3v) is 3.17. The van der Waals surface area contributed by atoms with E-state index in [2.05, 4.69) is 26.2 Å². The fourth-order valence-electron chi connectivity index (χ4n) is 1.34. The van der Waals surface area contributed by atoms with Crippen molar-refractivity contribution in [1.29, 1.82) is 0 Å². The molecule has 1 aliphatic carbocycles. The molecule has 0 saturated heterocycles. The Bertz CT molecular complexity index is 391. The number of aliphatic hydroxyl groups excluding tert-OH is 1. The van der Waals surface area contributed by atoms with Crippen LogP contribution < -0.4 is 5.32 Å². The number of hydrogen-bond donors (Lipinski definition) is 2. The lowest BCUT2D eigenvalue weighted by Crippen LogP contribution is -2.39. The van der Waals surface area contributed by atoms with Crippen molar-refractivity contribution in [3.63, 3.8) is 0 Å². The summed E-state index contributed by atoms with van der Waals surface area (Å²) in [6, 6.07) is 3.40. The minimum atomic E-state index is -0.383. The van der Waals surface area contributed by atoms with Crippen molar-refractivity contribution < 1.29 is 9.90 Å². The first-order valence-corrected chi connectivity index (χ1v) is 5.50. The van der Waals surface area contributed by atoms with E-state index in [1.54, 1.807) is 18.3 Å². The van der Waals surface area contributed by atoms with Crippen molar-refractivity contribution in [2.75, 3.05) is 6.61 Å². The van der Waals surface area contributed by atoms with E-state index >= 15 is 0 Å². The average molecular weight is 271 g/mol. The van der Waals surface area contributed by atoms with Gasteiger partial charge in [-0.15, -0.1) is 0 Å². The van der Waals surface area contributed by atoms with E-state index in [9.17, 15) is 4.79 Å². The number of nitrogens with zero attached hydrogens (tertiary/aromatic N) is 1. The molecule has 1 aromatic rings. The van der Waals surface area contributed by atoms with Crippen LogP contribution in [0.25, 0.3) is 0 Å². The van der Waals surface area contributed by atoms with Crippen LogP contribution in [0, 0.1) is 0 Å². The van der Waals surface area contributed by atoms with E-state index in [1.807, 2.05) is 0 Å². The second kappa shape index (κ2) is 3.90. The van der Waals surface area contributed by atoms with Gasteiger partial charge in [0.15, 0.2) is 0 Å². The number of halogens is 1. The molecule has 1 saturated carbocycles. The summed E-state index contributed by atoms with van der Waals surface area (Å²) >= 11 is 3.21. The molecule has 4 nitrogen and oxygen atoms in total. The van der Waals surface area contributed by atoms with Crippen LogP contribution in [0.4, 0.5) is 0 Å². The van der Waals surface area contributed by atoms with E-state index in [4.69, 9.17) is 5.11 Å². The van der Waals surface area contributed by atoms with Gasteiger partial charge in [-0.3, -0.25) is 4.79 Å². The average Bonchev–Trinajstić information content (AvgIpc) is 2.99. The van der Waals surface area contributed by atoms with Gasteiger partial charge in [-0.25, -0.2) is 4.98 Å². The molecule has 0 atom stereocenters. The Hall–Kier alpha value is -0.940. The van der Waals surface area contributed by atoms with Crippen LogP contribution in [-0.4, -0.2) is 28.1 Å². The van der Waals surface area contributed by atoms with Crippen LogP contribution in [0.5, 0.6) is 0 Å². The topological polar surface area (TPSA) is 62.2 Å². The number of aromatic nitrogens is 1. The maximum Gasteiger partial charge on any atom is 0.254 e. The van der Waals surface area contributed by atoms with E-state index in [-0.39, 0.29) is 18.1 Å². The largest absolute Gasteiger partial charge is 0.394 e. The number of carbonyl (C=O) groups is 1. The van der Waals surface area contributed by atoms with E-state index in [0.717, 1.165) is 12.8 Å². The minimum absolute atomic E-state index is 0.00335. The molecule has 2 N–H and O–H groups in total. The predicted octanol–water partition coefficient (Wildman–Crippen LogP) is 1.10. The third-order valence-electron chi connectivity index (χ3n) is 2.54. The van der Waals surface area contributed by atoms with Crippen LogP contribution in [-0.2, 0) is 0 Å². The van der Waals surface area contributed by atoms with Gasteiger partial charge in [0.25, 0.3) is 5.91 Å². The molecule has 0 aromatic carbocycles. The maximum atomic E-state index is 11.8. The summed E-state index contributed by atoms with van der Waals surface area (Å²) in [6.07, 6.45) is 3.29. The van der Waals surface area contributed by atoms with Crippen molar-refractivity contribution in [3.8, 4) is 0 Å². The third kappa shape index (κ3) is 2.18. The van der Waals surface area contributed by atoms with E-state index < -0.39 is 0 Å². The summed E-state index contributed by atoms with van der Waals surface area (Å²) in [5.41, 5.74) is 0.115. The van der Waals surface area contributed by atoms with Gasteiger partial charge in [0.1, 0.15) is 4.60 Å². The Balaban J connectivity index is 2.12. The maximum absolute atomic E-state index is 11.8. The molecule has 0 spiro atoms. The Morgan fingerprint density at radius 3 is 2.93 bits per heavy atom. The standard InChI is InChI=1S/C10H11BrN2O2/c11-8-7(2-1-5-12-8)9(15)13-10(6-14)3-4-10/h1-2,5,14H,3-4,6H2,(H,13,15). The van der Waals surface area contributed by atoms with Gasteiger partial charge in [-0.05, 0) is 40.9 Å². The molecule has 0 aliphatic heterocycles. The van der Waals surface area contributed by atoms with Crippen LogP contribution in [0.1, 0.15) is 23.2 Å². The van der Waals surface area contributed by atoms with Crippen molar-refractivity contribution in [2.24, 2.45) is 0 Å². The number of hydrogen-bond acceptors (Lipinski definition) is 3. The van der Waals surface area contributed by atoms with E-state index in [0.29, 0.717) is 10.2 Å². The van der Waals surface area contributed by atoms with Gasteiger partial charge in [0.05, 0.1) is 17.7 Å². The molecular formula is C10H11BrN2O2. The number of carbonyl (C=O) groups excluding carboxylic acids is 1. The molecule has 1 amide bonds. The predicted molar refractivity (Wildman–Crippen MR) is 58.5 cm³/mol. The summed E-state index contributed by atoms with van der Waals surface area (Å²) in [5, 5.41) is 11.9. The highest BCUT2D eigenvalue weighted by Crippen LogP contribution is 2.35. The zero-order chi connectivity index (χ0) is 10.9. The fourth-order valence-corrected chi connectivity index (χ4v) is 1.77. The molecule has 1 heterocycles. The van der Waals surface area contributed by atoms with Gasteiger partial charge in [-0.2, -0.15) is 0 Å². The molecule has 0 bridgehead atoms. The van der Waals surface area contributed by atoms with Crippen LogP contribution >= 0.6 is 15.9 Å². The van der Waals surface area contributed by atoms with Crippen molar-refractivity contribution in [3.05, 3.63) is 28.5 Å². The second-order valence-corrected chi connectivity index (χ2v) is 4.49. The first-order chi connectivity index (χ1) is 7.17.